The van der Waals surface area contributed by atoms with Crippen molar-refractivity contribution in [2.24, 2.45) is 16.3 Å². The van der Waals surface area contributed by atoms with Gasteiger partial charge >= 0.3 is 0 Å². The monoisotopic (exact) mass is 317 g/mol. The Balaban J connectivity index is 2.31. The third-order valence-electron chi connectivity index (χ3n) is 4.09. The standard InChI is InChI=1S/C15H31N3O2S/c1-13(2)11-15(7-5-8-15)12-18-14(16-3)17-9-6-10-21(4,19)20/h13H,5-12H2,1-4H3,(H2,16,17,18). The van der Waals surface area contributed by atoms with Crippen LogP contribution in [0, 0.1) is 11.3 Å². The molecule has 0 unspecified atom stereocenters. The lowest BCUT2D eigenvalue weighted by atomic mass is 9.64. The summed E-state index contributed by atoms with van der Waals surface area (Å²) in [5, 5.41) is 6.60. The van der Waals surface area contributed by atoms with Crippen LogP contribution in [0.15, 0.2) is 4.99 Å². The first-order valence-electron chi connectivity index (χ1n) is 7.89. The van der Waals surface area contributed by atoms with Gasteiger partial charge in [0, 0.05) is 26.4 Å². The first kappa shape index (κ1) is 18.3. The number of sulfone groups is 1. The summed E-state index contributed by atoms with van der Waals surface area (Å²) in [6.45, 7) is 6.14. The van der Waals surface area contributed by atoms with E-state index in [1.807, 2.05) is 0 Å². The molecule has 2 N–H and O–H groups in total. The number of nitrogens with zero attached hydrogens (tertiary/aromatic N) is 1. The summed E-state index contributed by atoms with van der Waals surface area (Å²) < 4.78 is 22.2. The fourth-order valence-corrected chi connectivity index (χ4v) is 3.70. The van der Waals surface area contributed by atoms with Gasteiger partial charge in [-0.15, -0.1) is 0 Å². The van der Waals surface area contributed by atoms with Crippen LogP contribution in [-0.4, -0.2) is 46.5 Å². The molecule has 0 radical (unpaired) electrons. The molecule has 0 atom stereocenters. The fourth-order valence-electron chi connectivity index (χ4n) is 3.03. The lowest BCUT2D eigenvalue weighted by Gasteiger charge is -2.43. The minimum atomic E-state index is -2.87. The second kappa shape index (κ2) is 8.01. The number of nitrogens with one attached hydrogen (secondary N) is 2. The largest absolute Gasteiger partial charge is 0.356 e. The quantitative estimate of drug-likeness (QED) is 0.407. The molecule has 1 saturated carbocycles. The van der Waals surface area contributed by atoms with Gasteiger partial charge in [0.05, 0.1) is 5.75 Å². The second-order valence-corrected chi connectivity index (χ2v) is 9.05. The minimum absolute atomic E-state index is 0.217. The number of rotatable bonds is 8. The Kier molecular flexibility index (Phi) is 6.97. The molecule has 0 aromatic heterocycles. The van der Waals surface area contributed by atoms with Gasteiger partial charge in [0.15, 0.2) is 5.96 Å². The van der Waals surface area contributed by atoms with Gasteiger partial charge in [-0.25, -0.2) is 8.42 Å². The van der Waals surface area contributed by atoms with Crippen LogP contribution < -0.4 is 10.6 Å². The summed E-state index contributed by atoms with van der Waals surface area (Å²) in [7, 11) is -1.12. The molecule has 0 aromatic carbocycles. The Morgan fingerprint density at radius 3 is 2.38 bits per heavy atom. The highest BCUT2D eigenvalue weighted by atomic mass is 32.2. The van der Waals surface area contributed by atoms with Crippen molar-refractivity contribution in [3.63, 3.8) is 0 Å². The molecule has 1 rings (SSSR count). The number of hydrogen-bond acceptors (Lipinski definition) is 3. The summed E-state index contributed by atoms with van der Waals surface area (Å²) in [6, 6.07) is 0. The van der Waals surface area contributed by atoms with Crippen LogP contribution in [-0.2, 0) is 9.84 Å². The Morgan fingerprint density at radius 2 is 1.95 bits per heavy atom. The molecule has 1 fully saturated rings. The number of aliphatic imine (C=N–C) groups is 1. The van der Waals surface area contributed by atoms with Gasteiger partial charge in [-0.2, -0.15) is 0 Å². The number of guanidine groups is 1. The molecule has 0 amide bonds. The molecule has 6 heteroatoms. The molecule has 1 aliphatic carbocycles. The van der Waals surface area contributed by atoms with Crippen molar-refractivity contribution < 1.29 is 8.42 Å². The average molecular weight is 317 g/mol. The molecule has 0 aliphatic heterocycles. The van der Waals surface area contributed by atoms with E-state index in [1.165, 1.54) is 31.9 Å². The highest BCUT2D eigenvalue weighted by Crippen LogP contribution is 2.45. The summed E-state index contributed by atoms with van der Waals surface area (Å²) >= 11 is 0. The van der Waals surface area contributed by atoms with Crippen molar-refractivity contribution in [1.29, 1.82) is 0 Å². The normalized spacial score (nSPS) is 18.4. The highest BCUT2D eigenvalue weighted by Gasteiger charge is 2.37. The van der Waals surface area contributed by atoms with Gasteiger partial charge in [-0.1, -0.05) is 20.3 Å². The van der Waals surface area contributed by atoms with Gasteiger partial charge in [0.2, 0.25) is 0 Å². The Hall–Kier alpha value is -0.780. The van der Waals surface area contributed by atoms with Crippen LogP contribution in [0.4, 0.5) is 0 Å². The van der Waals surface area contributed by atoms with Crippen molar-refractivity contribution >= 4 is 15.8 Å². The topological polar surface area (TPSA) is 70.6 Å². The third kappa shape index (κ3) is 7.16. The zero-order valence-corrected chi connectivity index (χ0v) is 14.7. The SMILES string of the molecule is CN=C(NCCCS(C)(=O)=O)NCC1(CC(C)C)CCC1. The highest BCUT2D eigenvalue weighted by molar-refractivity contribution is 7.90. The van der Waals surface area contributed by atoms with E-state index < -0.39 is 9.84 Å². The molecule has 21 heavy (non-hydrogen) atoms. The van der Waals surface area contributed by atoms with Crippen LogP contribution in [0.25, 0.3) is 0 Å². The van der Waals surface area contributed by atoms with Crippen LogP contribution in [0.3, 0.4) is 0 Å². The van der Waals surface area contributed by atoms with E-state index in [0.717, 1.165) is 18.4 Å². The van der Waals surface area contributed by atoms with E-state index in [9.17, 15) is 8.42 Å². The molecule has 0 bridgehead atoms. The minimum Gasteiger partial charge on any atom is -0.356 e. The van der Waals surface area contributed by atoms with E-state index in [-0.39, 0.29) is 5.75 Å². The van der Waals surface area contributed by atoms with Gasteiger partial charge in [0.1, 0.15) is 9.84 Å². The maximum Gasteiger partial charge on any atom is 0.190 e. The van der Waals surface area contributed by atoms with Crippen LogP contribution in [0.1, 0.15) is 46.0 Å². The van der Waals surface area contributed by atoms with E-state index >= 15 is 0 Å². The number of hydrogen-bond donors (Lipinski definition) is 2. The van der Waals surface area contributed by atoms with Gasteiger partial charge < -0.3 is 10.6 Å². The predicted octanol–water partition coefficient (Wildman–Crippen LogP) is 1.80. The Bertz CT molecular complexity index is 440. The third-order valence-corrected chi connectivity index (χ3v) is 5.12. The Labute approximate surface area is 129 Å². The lowest BCUT2D eigenvalue weighted by molar-refractivity contribution is 0.104. The van der Waals surface area contributed by atoms with Crippen LogP contribution in [0.2, 0.25) is 0 Å². The summed E-state index contributed by atoms with van der Waals surface area (Å²) in [5.74, 6) is 1.71. The van der Waals surface area contributed by atoms with Crippen LogP contribution >= 0.6 is 0 Å². The smallest absolute Gasteiger partial charge is 0.190 e. The molecule has 0 heterocycles. The van der Waals surface area contributed by atoms with Crippen molar-refractivity contribution in [3.8, 4) is 0 Å². The van der Waals surface area contributed by atoms with Crippen molar-refractivity contribution in [3.05, 3.63) is 0 Å². The van der Waals surface area contributed by atoms with E-state index in [4.69, 9.17) is 0 Å². The van der Waals surface area contributed by atoms with Crippen LogP contribution in [0.5, 0.6) is 0 Å². The fraction of sp³-hybridized carbons (Fsp3) is 0.933. The van der Waals surface area contributed by atoms with E-state index in [1.54, 1.807) is 7.05 Å². The molecule has 0 saturated heterocycles. The van der Waals surface area contributed by atoms with Crippen molar-refractivity contribution in [2.45, 2.75) is 46.0 Å². The first-order chi connectivity index (χ1) is 9.76. The first-order valence-corrected chi connectivity index (χ1v) is 9.95. The average Bonchev–Trinajstić information content (AvgIpc) is 2.32. The zero-order chi connectivity index (χ0) is 15.9. The molecular weight excluding hydrogens is 286 g/mol. The predicted molar refractivity (Wildman–Crippen MR) is 89.4 cm³/mol. The second-order valence-electron chi connectivity index (χ2n) is 6.79. The van der Waals surface area contributed by atoms with Crippen molar-refractivity contribution in [2.75, 3.05) is 32.1 Å². The van der Waals surface area contributed by atoms with Gasteiger partial charge in [0.25, 0.3) is 0 Å². The molecule has 0 spiro atoms. The van der Waals surface area contributed by atoms with Gasteiger partial charge in [-0.3, -0.25) is 4.99 Å². The molecule has 0 aromatic rings. The zero-order valence-electron chi connectivity index (χ0n) is 13.9. The molecule has 1 aliphatic rings. The molecule has 124 valence electrons. The summed E-state index contributed by atoms with van der Waals surface area (Å²) in [5.41, 5.74) is 0.429. The van der Waals surface area contributed by atoms with Gasteiger partial charge in [-0.05, 0) is 37.0 Å². The molecule has 5 nitrogen and oxygen atoms in total. The molecular formula is C15H31N3O2S. The van der Waals surface area contributed by atoms with E-state index in [2.05, 4.69) is 29.5 Å². The summed E-state index contributed by atoms with van der Waals surface area (Å²) in [4.78, 5) is 4.21. The maximum absolute atomic E-state index is 11.1. The summed E-state index contributed by atoms with van der Waals surface area (Å²) in [6.07, 6.45) is 7.05. The Morgan fingerprint density at radius 1 is 1.29 bits per heavy atom. The van der Waals surface area contributed by atoms with E-state index in [0.29, 0.717) is 18.4 Å². The lowest BCUT2D eigenvalue weighted by Crippen LogP contribution is -2.47. The van der Waals surface area contributed by atoms with Crippen molar-refractivity contribution in [1.82, 2.24) is 10.6 Å². The maximum atomic E-state index is 11.1.